The van der Waals surface area contributed by atoms with Gasteiger partial charge in [-0.15, -0.1) is 11.3 Å². The highest BCUT2D eigenvalue weighted by molar-refractivity contribution is 7.10. The minimum Gasteiger partial charge on any atom is -0.497 e. The van der Waals surface area contributed by atoms with Crippen LogP contribution < -0.4 is 14.8 Å². The lowest BCUT2D eigenvalue weighted by Crippen LogP contribution is -2.43. The van der Waals surface area contributed by atoms with Crippen LogP contribution in [0.4, 0.5) is 0 Å². The van der Waals surface area contributed by atoms with Gasteiger partial charge in [0, 0.05) is 33.3 Å². The summed E-state index contributed by atoms with van der Waals surface area (Å²) in [5.41, 5.74) is 2.38. The summed E-state index contributed by atoms with van der Waals surface area (Å²) in [4.78, 5) is 41.0. The second kappa shape index (κ2) is 9.95. The van der Waals surface area contributed by atoms with Gasteiger partial charge in [-0.25, -0.2) is 4.79 Å². The first-order valence-electron chi connectivity index (χ1n) is 11.0. The van der Waals surface area contributed by atoms with Crippen LogP contribution in [0.1, 0.15) is 35.6 Å². The Hall–Kier alpha value is -3.59. The summed E-state index contributed by atoms with van der Waals surface area (Å²) in [6.45, 7) is 1.77. The van der Waals surface area contributed by atoms with Crippen LogP contribution >= 0.6 is 11.3 Å². The number of benzene rings is 1. The summed E-state index contributed by atoms with van der Waals surface area (Å²) < 4.78 is 21.2. The minimum absolute atomic E-state index is 0.268. The summed E-state index contributed by atoms with van der Waals surface area (Å²) in [5, 5.41) is 5.18. The number of ether oxygens (including phenoxy) is 4. The van der Waals surface area contributed by atoms with E-state index in [4.69, 9.17) is 18.9 Å². The van der Waals surface area contributed by atoms with Gasteiger partial charge in [0.15, 0.2) is 5.78 Å². The van der Waals surface area contributed by atoms with Gasteiger partial charge in [-0.05, 0) is 43.0 Å². The summed E-state index contributed by atoms with van der Waals surface area (Å²) in [7, 11) is 5.62. The van der Waals surface area contributed by atoms with Crippen molar-refractivity contribution in [2.45, 2.75) is 25.2 Å². The molecule has 0 saturated heterocycles. The number of allylic oxidation sites excluding steroid dienone is 3. The fourth-order valence-electron chi connectivity index (χ4n) is 4.96. The summed E-state index contributed by atoms with van der Waals surface area (Å²) >= 11 is 1.49. The molecule has 2 aliphatic rings. The van der Waals surface area contributed by atoms with Crippen LogP contribution in [0.2, 0.25) is 0 Å². The molecule has 1 N–H and O–H groups in total. The average Bonchev–Trinajstić information content (AvgIpc) is 3.41. The van der Waals surface area contributed by atoms with Crippen LogP contribution in [0.3, 0.4) is 0 Å². The molecule has 0 amide bonds. The highest BCUT2D eigenvalue weighted by Gasteiger charge is 2.49. The molecule has 3 atom stereocenters. The van der Waals surface area contributed by atoms with Crippen LogP contribution in [0.5, 0.6) is 11.5 Å². The highest BCUT2D eigenvalue weighted by atomic mass is 32.1. The number of rotatable bonds is 6. The van der Waals surface area contributed by atoms with E-state index in [1.807, 2.05) is 17.5 Å². The van der Waals surface area contributed by atoms with Gasteiger partial charge in [0.2, 0.25) is 0 Å². The molecule has 184 valence electrons. The summed E-state index contributed by atoms with van der Waals surface area (Å²) in [6, 6.07) is 9.00. The van der Waals surface area contributed by atoms with Gasteiger partial charge in [-0.3, -0.25) is 9.59 Å². The SMILES string of the molecule is COC(=O)C1=C(C)NC2=C(C(=O)[C@@H](C(=O)OC)[C@@H](c3cccs3)C2)[C@@H]1c1cc(OC)ccc1OC. The van der Waals surface area contributed by atoms with Gasteiger partial charge in [0.05, 0.1) is 39.9 Å². The van der Waals surface area contributed by atoms with Crippen molar-refractivity contribution in [1.82, 2.24) is 5.32 Å². The summed E-state index contributed by atoms with van der Waals surface area (Å²) in [5.74, 6) is -2.84. The molecule has 0 unspecified atom stereocenters. The Bertz CT molecular complexity index is 1230. The van der Waals surface area contributed by atoms with Gasteiger partial charge in [0.25, 0.3) is 0 Å². The number of thiophene rings is 1. The zero-order valence-electron chi connectivity index (χ0n) is 20.2. The Balaban J connectivity index is 1.97. The molecule has 8 nitrogen and oxygen atoms in total. The van der Waals surface area contributed by atoms with E-state index >= 15 is 0 Å². The number of hydrogen-bond acceptors (Lipinski definition) is 9. The lowest BCUT2D eigenvalue weighted by Gasteiger charge is -2.39. The van der Waals surface area contributed by atoms with Crippen LogP contribution in [0, 0.1) is 5.92 Å². The van der Waals surface area contributed by atoms with Crippen LogP contribution in [-0.2, 0) is 23.9 Å². The molecular weight excluding hydrogens is 470 g/mol. The molecule has 0 spiro atoms. The normalized spacial score (nSPS) is 21.7. The number of nitrogens with one attached hydrogen (secondary N) is 1. The quantitative estimate of drug-likeness (QED) is 0.476. The number of dihydropyridines is 1. The third-order valence-corrected chi connectivity index (χ3v) is 7.54. The van der Waals surface area contributed by atoms with E-state index in [0.717, 1.165) is 4.88 Å². The molecule has 9 heteroatoms. The van der Waals surface area contributed by atoms with Crippen molar-refractivity contribution in [3.05, 3.63) is 68.7 Å². The van der Waals surface area contributed by atoms with Crippen molar-refractivity contribution in [3.63, 3.8) is 0 Å². The maximum absolute atomic E-state index is 14.1. The fourth-order valence-corrected chi connectivity index (χ4v) is 5.82. The van der Waals surface area contributed by atoms with E-state index in [9.17, 15) is 14.4 Å². The van der Waals surface area contributed by atoms with E-state index < -0.39 is 29.6 Å². The van der Waals surface area contributed by atoms with Gasteiger partial charge in [-0.1, -0.05) is 6.07 Å². The van der Waals surface area contributed by atoms with Crippen molar-refractivity contribution >= 4 is 29.1 Å². The molecule has 2 aromatic rings. The predicted molar refractivity (Wildman–Crippen MR) is 129 cm³/mol. The molecule has 4 rings (SSSR count). The van der Waals surface area contributed by atoms with Crippen molar-refractivity contribution in [1.29, 1.82) is 0 Å². The standard InChI is InChI=1S/C26H27NO7S/c1-13-20(25(29)33-4)21(15-11-14(31-2)8-9-18(15)32-3)23-17(27-13)12-16(19-7-6-10-35-19)22(24(23)28)26(30)34-5/h6-11,16,21-22,27H,12H2,1-5H3/t16-,21-,22+/m1/s1. The Labute approximate surface area is 207 Å². The zero-order chi connectivity index (χ0) is 25.3. The van der Waals surface area contributed by atoms with E-state index in [2.05, 4.69) is 5.32 Å². The highest BCUT2D eigenvalue weighted by Crippen LogP contribution is 2.50. The zero-order valence-corrected chi connectivity index (χ0v) is 21.0. The molecule has 1 aliphatic carbocycles. The number of methoxy groups -OCH3 is 4. The topological polar surface area (TPSA) is 100 Å². The minimum atomic E-state index is -1.05. The first-order valence-corrected chi connectivity index (χ1v) is 11.9. The van der Waals surface area contributed by atoms with Crippen LogP contribution in [0.15, 0.2) is 58.3 Å². The molecule has 0 fully saturated rings. The number of esters is 2. The van der Waals surface area contributed by atoms with Crippen molar-refractivity contribution in [2.75, 3.05) is 28.4 Å². The second-order valence-electron chi connectivity index (χ2n) is 8.28. The molecule has 0 saturated carbocycles. The third-order valence-electron chi connectivity index (χ3n) is 6.54. The van der Waals surface area contributed by atoms with E-state index in [1.54, 1.807) is 25.1 Å². The van der Waals surface area contributed by atoms with Crippen LogP contribution in [0.25, 0.3) is 0 Å². The average molecular weight is 498 g/mol. The smallest absolute Gasteiger partial charge is 0.336 e. The monoisotopic (exact) mass is 497 g/mol. The van der Waals surface area contributed by atoms with E-state index in [-0.39, 0.29) is 11.5 Å². The fraction of sp³-hybridized carbons (Fsp3) is 0.346. The lowest BCUT2D eigenvalue weighted by atomic mass is 9.68. The van der Waals surface area contributed by atoms with Crippen molar-refractivity contribution in [3.8, 4) is 11.5 Å². The number of carbonyl (C=O) groups excluding carboxylic acids is 3. The Morgan fingerprint density at radius 1 is 1.06 bits per heavy atom. The largest absolute Gasteiger partial charge is 0.497 e. The first kappa shape index (κ1) is 24.5. The van der Waals surface area contributed by atoms with Gasteiger partial charge in [0.1, 0.15) is 17.4 Å². The third kappa shape index (κ3) is 4.20. The van der Waals surface area contributed by atoms with Crippen molar-refractivity contribution < 1.29 is 33.3 Å². The molecule has 0 radical (unpaired) electrons. The number of carbonyl (C=O) groups is 3. The van der Waals surface area contributed by atoms with Gasteiger partial charge >= 0.3 is 11.9 Å². The van der Waals surface area contributed by atoms with E-state index in [1.165, 1.54) is 39.8 Å². The Kier molecular flexibility index (Phi) is 6.98. The molecule has 1 aliphatic heterocycles. The molecule has 0 bridgehead atoms. The number of hydrogen-bond donors (Lipinski definition) is 1. The van der Waals surface area contributed by atoms with Crippen molar-refractivity contribution in [2.24, 2.45) is 5.92 Å². The molecular formula is C26H27NO7S. The predicted octanol–water partition coefficient (Wildman–Crippen LogP) is 3.70. The Morgan fingerprint density at radius 3 is 2.43 bits per heavy atom. The number of Topliss-reactive ketones (excluding diaryl/α,β-unsaturated/α-hetero) is 1. The van der Waals surface area contributed by atoms with Gasteiger partial charge in [-0.2, -0.15) is 0 Å². The molecule has 2 heterocycles. The van der Waals surface area contributed by atoms with Gasteiger partial charge < -0.3 is 24.3 Å². The second-order valence-corrected chi connectivity index (χ2v) is 9.26. The molecule has 1 aromatic carbocycles. The summed E-state index contributed by atoms with van der Waals surface area (Å²) in [6.07, 6.45) is 0.399. The number of ketones is 1. The van der Waals surface area contributed by atoms with E-state index in [0.29, 0.717) is 40.5 Å². The maximum Gasteiger partial charge on any atom is 0.336 e. The first-order chi connectivity index (χ1) is 16.9. The molecule has 1 aromatic heterocycles. The maximum atomic E-state index is 14.1. The Morgan fingerprint density at radius 2 is 1.83 bits per heavy atom. The van der Waals surface area contributed by atoms with Crippen LogP contribution in [-0.4, -0.2) is 46.2 Å². The lowest BCUT2D eigenvalue weighted by molar-refractivity contribution is -0.149. The molecule has 35 heavy (non-hydrogen) atoms.